The van der Waals surface area contributed by atoms with E-state index in [1.165, 1.54) is 11.1 Å². The number of aryl methyl sites for hydroxylation is 3. The van der Waals surface area contributed by atoms with Crippen molar-refractivity contribution in [1.82, 2.24) is 14.7 Å². The average molecular weight is 361 g/mol. The lowest BCUT2D eigenvalue weighted by Gasteiger charge is -2.26. The van der Waals surface area contributed by atoms with E-state index in [0.717, 1.165) is 16.8 Å². The van der Waals surface area contributed by atoms with Gasteiger partial charge >= 0.3 is 0 Å². The Morgan fingerprint density at radius 3 is 2.37 bits per heavy atom. The lowest BCUT2D eigenvalue weighted by molar-refractivity contribution is 0.0683. The number of hydrogen-bond donors (Lipinski definition) is 0. The first-order valence-electron chi connectivity index (χ1n) is 9.33. The highest BCUT2D eigenvalue weighted by atomic mass is 16.2. The maximum Gasteiger partial charge on any atom is 0.274 e. The Labute approximate surface area is 161 Å². The minimum absolute atomic E-state index is 0.0421. The van der Waals surface area contributed by atoms with Gasteiger partial charge in [-0.05, 0) is 56.5 Å². The summed E-state index contributed by atoms with van der Waals surface area (Å²) >= 11 is 0. The van der Waals surface area contributed by atoms with Gasteiger partial charge in [-0.2, -0.15) is 5.10 Å². The molecule has 4 heteroatoms. The molecule has 0 aliphatic carbocycles. The number of hydrogen-bond acceptors (Lipinski definition) is 2. The van der Waals surface area contributed by atoms with Crippen LogP contribution in [0.25, 0.3) is 11.3 Å². The third-order valence-corrected chi connectivity index (χ3v) is 4.98. The smallest absolute Gasteiger partial charge is 0.274 e. The van der Waals surface area contributed by atoms with Crippen LogP contribution in [0, 0.1) is 13.8 Å². The molecule has 0 saturated heterocycles. The number of carbonyl (C=O) groups is 1. The fourth-order valence-electron chi connectivity index (χ4n) is 3.16. The fourth-order valence-corrected chi connectivity index (χ4v) is 3.16. The molecule has 0 unspecified atom stereocenters. The van der Waals surface area contributed by atoms with Gasteiger partial charge in [0.2, 0.25) is 0 Å². The largest absolute Gasteiger partial charge is 0.331 e. The predicted molar refractivity (Wildman–Crippen MR) is 110 cm³/mol. The Bertz CT molecular complexity index is 942. The minimum atomic E-state index is -0.0421. The van der Waals surface area contributed by atoms with Gasteiger partial charge in [-0.15, -0.1) is 0 Å². The topological polar surface area (TPSA) is 38.1 Å². The first kappa shape index (κ1) is 18.9. The zero-order valence-corrected chi connectivity index (χ0v) is 16.7. The van der Waals surface area contributed by atoms with Gasteiger partial charge < -0.3 is 4.90 Å². The Kier molecular flexibility index (Phi) is 5.45. The molecule has 140 valence electrons. The summed E-state index contributed by atoms with van der Waals surface area (Å²) in [5.74, 6) is -0.0421. The van der Waals surface area contributed by atoms with Crippen LogP contribution in [0.1, 0.15) is 41.0 Å². The molecule has 0 bridgehead atoms. The van der Waals surface area contributed by atoms with Gasteiger partial charge in [-0.25, -0.2) is 0 Å². The summed E-state index contributed by atoms with van der Waals surface area (Å²) in [7, 11) is 1.89. The SMILES string of the molecule is Cc1ccc(-c2cc(C(=O)N(Cc3ccccc3)C(C)C)nn2C)cc1C. The quantitative estimate of drug-likeness (QED) is 0.657. The molecule has 0 fully saturated rings. The highest BCUT2D eigenvalue weighted by molar-refractivity contribution is 5.93. The first-order chi connectivity index (χ1) is 12.9. The molecule has 0 atom stereocenters. The summed E-state index contributed by atoms with van der Waals surface area (Å²) in [6.07, 6.45) is 0. The zero-order valence-electron chi connectivity index (χ0n) is 16.7. The second-order valence-corrected chi connectivity index (χ2v) is 7.35. The molecule has 4 nitrogen and oxygen atoms in total. The van der Waals surface area contributed by atoms with E-state index in [9.17, 15) is 4.79 Å². The van der Waals surface area contributed by atoms with Crippen LogP contribution in [-0.2, 0) is 13.6 Å². The van der Waals surface area contributed by atoms with Crippen molar-refractivity contribution in [3.8, 4) is 11.3 Å². The van der Waals surface area contributed by atoms with Crippen molar-refractivity contribution in [2.24, 2.45) is 7.05 Å². The van der Waals surface area contributed by atoms with Crippen molar-refractivity contribution >= 4 is 5.91 Å². The molecule has 0 saturated carbocycles. The summed E-state index contributed by atoms with van der Waals surface area (Å²) in [4.78, 5) is 15.0. The van der Waals surface area contributed by atoms with Crippen LogP contribution < -0.4 is 0 Å². The first-order valence-corrected chi connectivity index (χ1v) is 9.33. The van der Waals surface area contributed by atoms with Gasteiger partial charge in [-0.1, -0.05) is 42.5 Å². The van der Waals surface area contributed by atoms with Gasteiger partial charge in [0.15, 0.2) is 5.69 Å². The van der Waals surface area contributed by atoms with E-state index in [1.807, 2.05) is 62.2 Å². The van der Waals surface area contributed by atoms with Crippen LogP contribution in [-0.4, -0.2) is 26.6 Å². The third kappa shape index (κ3) is 4.11. The van der Waals surface area contributed by atoms with Crippen LogP contribution in [0.15, 0.2) is 54.6 Å². The van der Waals surface area contributed by atoms with Gasteiger partial charge in [0.1, 0.15) is 0 Å². The summed E-state index contributed by atoms with van der Waals surface area (Å²) in [5, 5.41) is 4.51. The molecule has 27 heavy (non-hydrogen) atoms. The third-order valence-electron chi connectivity index (χ3n) is 4.98. The normalized spacial score (nSPS) is 11.0. The van der Waals surface area contributed by atoms with Crippen molar-refractivity contribution in [1.29, 1.82) is 0 Å². The Morgan fingerprint density at radius 2 is 1.74 bits per heavy atom. The molecule has 0 N–H and O–H groups in total. The molecule has 0 spiro atoms. The van der Waals surface area contributed by atoms with E-state index in [2.05, 4.69) is 37.1 Å². The second-order valence-electron chi connectivity index (χ2n) is 7.35. The van der Waals surface area contributed by atoms with Crippen LogP contribution in [0.3, 0.4) is 0 Å². The number of rotatable bonds is 5. The van der Waals surface area contributed by atoms with Crippen molar-refractivity contribution in [2.45, 2.75) is 40.3 Å². The highest BCUT2D eigenvalue weighted by Crippen LogP contribution is 2.24. The van der Waals surface area contributed by atoms with E-state index in [-0.39, 0.29) is 11.9 Å². The summed E-state index contributed by atoms with van der Waals surface area (Å²) in [5.41, 5.74) is 6.11. The van der Waals surface area contributed by atoms with E-state index >= 15 is 0 Å². The molecule has 1 amide bonds. The van der Waals surface area contributed by atoms with Crippen LogP contribution >= 0.6 is 0 Å². The van der Waals surface area contributed by atoms with Crippen molar-refractivity contribution in [3.05, 3.63) is 77.0 Å². The second kappa shape index (κ2) is 7.78. The number of aromatic nitrogens is 2. The van der Waals surface area contributed by atoms with E-state index in [1.54, 1.807) is 4.68 Å². The van der Waals surface area contributed by atoms with Crippen LogP contribution in [0.5, 0.6) is 0 Å². The van der Waals surface area contributed by atoms with Crippen molar-refractivity contribution < 1.29 is 4.79 Å². The molecule has 0 aliphatic heterocycles. The van der Waals surface area contributed by atoms with Crippen LogP contribution in [0.2, 0.25) is 0 Å². The molecule has 2 aromatic carbocycles. The van der Waals surface area contributed by atoms with Gasteiger partial charge in [0.25, 0.3) is 5.91 Å². The lowest BCUT2D eigenvalue weighted by Crippen LogP contribution is -2.36. The van der Waals surface area contributed by atoms with Gasteiger partial charge in [0.05, 0.1) is 5.69 Å². The number of benzene rings is 2. The molecule has 1 aromatic heterocycles. The average Bonchev–Trinajstić information content (AvgIpc) is 3.04. The number of nitrogens with zero attached hydrogens (tertiary/aromatic N) is 3. The molecule has 0 aliphatic rings. The molecule has 3 aromatic rings. The predicted octanol–water partition coefficient (Wildman–Crippen LogP) is 4.75. The molecule has 3 rings (SSSR count). The Balaban J connectivity index is 1.90. The Hall–Kier alpha value is -2.88. The van der Waals surface area contributed by atoms with Crippen LogP contribution in [0.4, 0.5) is 0 Å². The molecule has 0 radical (unpaired) electrons. The highest BCUT2D eigenvalue weighted by Gasteiger charge is 2.23. The Morgan fingerprint density at radius 1 is 1.04 bits per heavy atom. The maximum absolute atomic E-state index is 13.2. The standard InChI is InChI=1S/C23H27N3O/c1-16(2)26(15-19-9-7-6-8-10-19)23(27)21-14-22(25(5)24-21)20-12-11-17(3)18(4)13-20/h6-14,16H,15H2,1-5H3. The van der Waals surface area contributed by atoms with Crippen molar-refractivity contribution in [3.63, 3.8) is 0 Å². The fraction of sp³-hybridized carbons (Fsp3) is 0.304. The monoisotopic (exact) mass is 361 g/mol. The summed E-state index contributed by atoms with van der Waals surface area (Å²) < 4.78 is 1.79. The lowest BCUT2D eigenvalue weighted by atomic mass is 10.0. The maximum atomic E-state index is 13.2. The van der Waals surface area contributed by atoms with E-state index in [0.29, 0.717) is 12.2 Å². The van der Waals surface area contributed by atoms with E-state index in [4.69, 9.17) is 0 Å². The van der Waals surface area contributed by atoms with Gasteiger partial charge in [0, 0.05) is 25.2 Å². The number of amides is 1. The minimum Gasteiger partial charge on any atom is -0.331 e. The summed E-state index contributed by atoms with van der Waals surface area (Å²) in [6.45, 7) is 8.85. The molecule has 1 heterocycles. The molecular formula is C23H27N3O. The molecular weight excluding hydrogens is 334 g/mol. The van der Waals surface area contributed by atoms with Gasteiger partial charge in [-0.3, -0.25) is 9.48 Å². The van der Waals surface area contributed by atoms with Crippen molar-refractivity contribution in [2.75, 3.05) is 0 Å². The number of carbonyl (C=O) groups excluding carboxylic acids is 1. The zero-order chi connectivity index (χ0) is 19.6. The summed E-state index contributed by atoms with van der Waals surface area (Å²) in [6, 6.07) is 18.4. The van der Waals surface area contributed by atoms with E-state index < -0.39 is 0 Å².